The van der Waals surface area contributed by atoms with Gasteiger partial charge in [-0.25, -0.2) is 4.79 Å². The van der Waals surface area contributed by atoms with Crippen LogP contribution < -0.4 is 0 Å². The van der Waals surface area contributed by atoms with E-state index < -0.39 is 12.1 Å². The Morgan fingerprint density at radius 3 is 2.79 bits per heavy atom. The normalized spacial score (nSPS) is 25.7. The Bertz CT molecular complexity index is 405. The lowest BCUT2D eigenvalue weighted by Crippen LogP contribution is -2.17. The van der Waals surface area contributed by atoms with Gasteiger partial charge in [0.05, 0.1) is 18.8 Å². The van der Waals surface area contributed by atoms with Gasteiger partial charge in [0.2, 0.25) is 0 Å². The van der Waals surface area contributed by atoms with Crippen molar-refractivity contribution >= 4 is 5.97 Å². The summed E-state index contributed by atoms with van der Waals surface area (Å²) in [5, 5.41) is 28.6. The van der Waals surface area contributed by atoms with Crippen LogP contribution in [0.5, 0.6) is 0 Å². The summed E-state index contributed by atoms with van der Waals surface area (Å²) in [5.74, 6) is -0.539. The van der Waals surface area contributed by atoms with Crippen LogP contribution >= 0.6 is 0 Å². The molecule has 0 aliphatic heterocycles. The zero-order valence-electron chi connectivity index (χ0n) is 14.6. The highest BCUT2D eigenvalue weighted by atomic mass is 16.5. The van der Waals surface area contributed by atoms with Gasteiger partial charge in [0.15, 0.2) is 0 Å². The molecule has 0 aromatic heterocycles. The monoisotopic (exact) mass is 340 g/mol. The SMILES string of the molecule is CCCCCC(O)C=C[C@H]1CC[C@@H](O)[C@@H]1CC=CCOCC(=O)O. The predicted octanol–water partition coefficient (Wildman–Crippen LogP) is 2.92. The Morgan fingerprint density at radius 1 is 1.29 bits per heavy atom. The second kappa shape index (κ2) is 12.2. The van der Waals surface area contributed by atoms with Crippen molar-refractivity contribution in [3.05, 3.63) is 24.3 Å². The second-order valence-corrected chi connectivity index (χ2v) is 6.54. The number of aliphatic hydroxyl groups is 2. The highest BCUT2D eigenvalue weighted by Gasteiger charge is 2.32. The maximum absolute atomic E-state index is 10.3. The van der Waals surface area contributed by atoms with Crippen LogP contribution in [0.3, 0.4) is 0 Å². The predicted molar refractivity (Wildman–Crippen MR) is 93.7 cm³/mol. The van der Waals surface area contributed by atoms with E-state index in [1.165, 1.54) is 0 Å². The molecule has 0 heterocycles. The summed E-state index contributed by atoms with van der Waals surface area (Å²) in [6.45, 7) is 2.12. The van der Waals surface area contributed by atoms with Gasteiger partial charge in [0.1, 0.15) is 6.61 Å². The molecule has 1 saturated carbocycles. The highest BCUT2D eigenvalue weighted by Crippen LogP contribution is 2.35. The van der Waals surface area contributed by atoms with Gasteiger partial charge in [-0.2, -0.15) is 0 Å². The third-order valence-corrected chi connectivity index (χ3v) is 4.54. The van der Waals surface area contributed by atoms with Crippen molar-refractivity contribution in [2.45, 2.75) is 64.1 Å². The fourth-order valence-electron chi connectivity index (χ4n) is 3.15. The first-order chi connectivity index (χ1) is 11.5. The van der Waals surface area contributed by atoms with Crippen molar-refractivity contribution in [3.8, 4) is 0 Å². The summed E-state index contributed by atoms with van der Waals surface area (Å²) in [7, 11) is 0. The zero-order valence-corrected chi connectivity index (χ0v) is 14.6. The maximum Gasteiger partial charge on any atom is 0.329 e. The van der Waals surface area contributed by atoms with Gasteiger partial charge in [0.25, 0.3) is 0 Å². The lowest BCUT2D eigenvalue weighted by atomic mass is 9.90. The van der Waals surface area contributed by atoms with Gasteiger partial charge in [0, 0.05) is 0 Å². The van der Waals surface area contributed by atoms with Gasteiger partial charge in [-0.15, -0.1) is 0 Å². The Labute approximate surface area is 145 Å². The van der Waals surface area contributed by atoms with Crippen molar-refractivity contribution < 1.29 is 24.9 Å². The van der Waals surface area contributed by atoms with Crippen molar-refractivity contribution in [2.24, 2.45) is 11.8 Å². The molecule has 1 fully saturated rings. The number of carboxylic acids is 1. The molecule has 5 heteroatoms. The molecule has 3 N–H and O–H groups in total. The third kappa shape index (κ3) is 8.62. The Kier molecular flexibility index (Phi) is 10.6. The van der Waals surface area contributed by atoms with Gasteiger partial charge in [-0.05, 0) is 37.5 Å². The Hall–Kier alpha value is -1.17. The fraction of sp³-hybridized carbons (Fsp3) is 0.737. The van der Waals surface area contributed by atoms with Crippen LogP contribution in [0.2, 0.25) is 0 Å². The van der Waals surface area contributed by atoms with E-state index in [-0.39, 0.29) is 31.2 Å². The summed E-state index contributed by atoms with van der Waals surface area (Å²) in [6, 6.07) is 0. The number of ether oxygens (including phenoxy) is 1. The minimum atomic E-state index is -0.975. The number of allylic oxidation sites excluding steroid dienone is 2. The van der Waals surface area contributed by atoms with E-state index in [0.29, 0.717) is 0 Å². The fourth-order valence-corrected chi connectivity index (χ4v) is 3.15. The second-order valence-electron chi connectivity index (χ2n) is 6.54. The number of rotatable bonds is 12. The van der Waals surface area contributed by atoms with E-state index in [4.69, 9.17) is 9.84 Å². The molecule has 1 unspecified atom stereocenters. The van der Waals surface area contributed by atoms with Crippen LogP contribution in [0.15, 0.2) is 24.3 Å². The summed E-state index contributed by atoms with van der Waals surface area (Å²) in [6.07, 6.45) is 13.6. The quantitative estimate of drug-likeness (QED) is 0.376. The maximum atomic E-state index is 10.3. The average Bonchev–Trinajstić information content (AvgIpc) is 2.89. The van der Waals surface area contributed by atoms with E-state index >= 15 is 0 Å². The molecule has 0 bridgehead atoms. The van der Waals surface area contributed by atoms with Crippen LogP contribution in [0.25, 0.3) is 0 Å². The molecule has 5 nitrogen and oxygen atoms in total. The molecule has 0 aromatic rings. The lowest BCUT2D eigenvalue weighted by molar-refractivity contribution is -0.141. The van der Waals surface area contributed by atoms with Gasteiger partial charge in [-0.3, -0.25) is 0 Å². The van der Waals surface area contributed by atoms with Crippen LogP contribution in [0, 0.1) is 11.8 Å². The molecule has 0 saturated heterocycles. The molecule has 0 amide bonds. The number of carbonyl (C=O) groups is 1. The largest absolute Gasteiger partial charge is 0.480 e. The highest BCUT2D eigenvalue weighted by molar-refractivity contribution is 5.67. The molecule has 24 heavy (non-hydrogen) atoms. The summed E-state index contributed by atoms with van der Waals surface area (Å²) >= 11 is 0. The minimum Gasteiger partial charge on any atom is -0.480 e. The molecular weight excluding hydrogens is 308 g/mol. The Balaban J connectivity index is 2.35. The first-order valence-electron chi connectivity index (χ1n) is 9.03. The zero-order chi connectivity index (χ0) is 17.8. The minimum absolute atomic E-state index is 0.153. The molecular formula is C19H32O5. The standard InChI is InChI=1S/C19H32O5/c1-2-3-4-7-16(20)11-9-15-10-12-18(21)17(15)8-5-6-13-24-14-19(22)23/h5-6,9,11,15-18,20-21H,2-4,7-8,10,12-14H2,1H3,(H,22,23)/t15-,16?,17+,18+/m0/s1. The van der Waals surface area contributed by atoms with Crippen molar-refractivity contribution in [1.82, 2.24) is 0 Å². The number of hydrogen-bond acceptors (Lipinski definition) is 4. The van der Waals surface area contributed by atoms with Crippen LogP contribution in [0.4, 0.5) is 0 Å². The number of hydrogen-bond donors (Lipinski definition) is 3. The van der Waals surface area contributed by atoms with E-state index in [2.05, 4.69) is 13.0 Å². The number of unbranched alkanes of at least 4 members (excludes halogenated alkanes) is 2. The molecule has 0 radical (unpaired) electrons. The number of aliphatic carboxylic acids is 1. The molecule has 1 rings (SSSR count). The van der Waals surface area contributed by atoms with Crippen molar-refractivity contribution in [3.63, 3.8) is 0 Å². The molecule has 0 aromatic carbocycles. The molecule has 138 valence electrons. The molecule has 1 aliphatic rings. The lowest BCUT2D eigenvalue weighted by Gasteiger charge is -2.18. The topological polar surface area (TPSA) is 87.0 Å². The Morgan fingerprint density at radius 2 is 2.08 bits per heavy atom. The summed E-state index contributed by atoms with van der Waals surface area (Å²) < 4.78 is 4.94. The van der Waals surface area contributed by atoms with Gasteiger partial charge in [-0.1, -0.05) is 50.5 Å². The molecule has 0 spiro atoms. The smallest absolute Gasteiger partial charge is 0.329 e. The van der Waals surface area contributed by atoms with Crippen LogP contribution in [-0.2, 0) is 9.53 Å². The first kappa shape index (κ1) is 20.9. The van der Waals surface area contributed by atoms with Crippen molar-refractivity contribution in [2.75, 3.05) is 13.2 Å². The van der Waals surface area contributed by atoms with E-state index in [1.807, 2.05) is 12.2 Å². The van der Waals surface area contributed by atoms with Crippen LogP contribution in [0.1, 0.15) is 51.9 Å². The summed E-state index contributed by atoms with van der Waals surface area (Å²) in [4.78, 5) is 10.3. The molecule has 1 aliphatic carbocycles. The van der Waals surface area contributed by atoms with Gasteiger partial charge >= 0.3 is 5.97 Å². The average molecular weight is 340 g/mol. The van der Waals surface area contributed by atoms with Crippen molar-refractivity contribution in [1.29, 1.82) is 0 Å². The third-order valence-electron chi connectivity index (χ3n) is 4.54. The van der Waals surface area contributed by atoms with E-state index in [0.717, 1.165) is 44.9 Å². The van der Waals surface area contributed by atoms with Gasteiger partial charge < -0.3 is 20.1 Å². The van der Waals surface area contributed by atoms with E-state index in [9.17, 15) is 15.0 Å². The van der Waals surface area contributed by atoms with Crippen LogP contribution in [-0.4, -0.2) is 46.7 Å². The summed E-state index contributed by atoms with van der Waals surface area (Å²) in [5.41, 5.74) is 0. The number of carboxylic acid groups (broad SMARTS) is 1. The number of aliphatic hydroxyl groups excluding tert-OH is 2. The van der Waals surface area contributed by atoms with E-state index in [1.54, 1.807) is 6.08 Å². The first-order valence-corrected chi connectivity index (χ1v) is 9.03. The molecule has 4 atom stereocenters.